The average Bonchev–Trinajstić information content (AvgIpc) is 3.23. The summed E-state index contributed by atoms with van der Waals surface area (Å²) in [5.41, 5.74) is 0.0804. The molecular formula is C27H34N6O4. The van der Waals surface area contributed by atoms with Gasteiger partial charge in [0, 0.05) is 26.2 Å². The molecule has 3 aromatic rings. The molecule has 1 aliphatic rings. The minimum absolute atomic E-state index is 0.146. The van der Waals surface area contributed by atoms with Gasteiger partial charge >= 0.3 is 11.8 Å². The molecule has 0 bridgehead atoms. The van der Waals surface area contributed by atoms with Gasteiger partial charge < -0.3 is 15.0 Å². The third-order valence-corrected chi connectivity index (χ3v) is 6.23. The van der Waals surface area contributed by atoms with Crippen molar-refractivity contribution >= 4 is 23.2 Å². The molecule has 0 aliphatic carbocycles. The number of fused-ring (bicyclic) bond motifs is 1. The van der Waals surface area contributed by atoms with Crippen LogP contribution in [0.1, 0.15) is 46.1 Å². The van der Waals surface area contributed by atoms with E-state index in [2.05, 4.69) is 17.2 Å². The van der Waals surface area contributed by atoms with Crippen LogP contribution in [0.4, 0.5) is 10.7 Å². The van der Waals surface area contributed by atoms with Gasteiger partial charge in [-0.3, -0.25) is 18.5 Å². The zero-order valence-corrected chi connectivity index (χ0v) is 22.1. The highest BCUT2D eigenvalue weighted by Crippen LogP contribution is 2.23. The number of hydrogen-bond acceptors (Lipinski definition) is 6. The van der Waals surface area contributed by atoms with E-state index in [4.69, 9.17) is 9.72 Å². The fraction of sp³-hybridized carbons (Fsp3) is 0.481. The number of amides is 1. The lowest BCUT2D eigenvalue weighted by Crippen LogP contribution is -2.49. The number of aryl methyl sites for hydroxylation is 1. The SMILES string of the molecule is CC#CCn1c(N2CCC[C@@H](NC(=O)OC(C)(C)C)C2)nc2c1c(=O)n(Cc1ccccc1)c(=O)n2C. The third kappa shape index (κ3) is 5.71. The van der Waals surface area contributed by atoms with Gasteiger partial charge in [-0.15, -0.1) is 5.92 Å². The number of benzene rings is 1. The minimum Gasteiger partial charge on any atom is -0.444 e. The van der Waals surface area contributed by atoms with Gasteiger partial charge in [-0.2, -0.15) is 4.98 Å². The molecule has 0 radical (unpaired) electrons. The van der Waals surface area contributed by atoms with Crippen LogP contribution >= 0.6 is 0 Å². The molecule has 1 N–H and O–H groups in total. The normalized spacial score (nSPS) is 15.8. The summed E-state index contributed by atoms with van der Waals surface area (Å²) in [7, 11) is 1.63. The van der Waals surface area contributed by atoms with Gasteiger partial charge in [0.05, 0.1) is 13.1 Å². The number of anilines is 1. The van der Waals surface area contributed by atoms with E-state index < -0.39 is 22.9 Å². The predicted molar refractivity (Wildman–Crippen MR) is 143 cm³/mol. The molecule has 1 saturated heterocycles. The summed E-state index contributed by atoms with van der Waals surface area (Å²) in [5.74, 6) is 6.49. The second kappa shape index (κ2) is 10.5. The summed E-state index contributed by atoms with van der Waals surface area (Å²) in [6, 6.07) is 9.26. The maximum absolute atomic E-state index is 13.7. The van der Waals surface area contributed by atoms with Crippen molar-refractivity contribution in [2.24, 2.45) is 7.05 Å². The lowest BCUT2D eigenvalue weighted by Gasteiger charge is -2.34. The first-order chi connectivity index (χ1) is 17.6. The van der Waals surface area contributed by atoms with E-state index in [-0.39, 0.29) is 19.1 Å². The number of aromatic nitrogens is 4. The maximum atomic E-state index is 13.7. The van der Waals surface area contributed by atoms with Crippen LogP contribution in [0.5, 0.6) is 0 Å². The Morgan fingerprint density at radius 2 is 1.92 bits per heavy atom. The minimum atomic E-state index is -0.588. The molecule has 0 saturated carbocycles. The highest BCUT2D eigenvalue weighted by molar-refractivity contribution is 5.75. The Balaban J connectivity index is 1.74. The Hall–Kier alpha value is -4.00. The molecule has 1 amide bonds. The maximum Gasteiger partial charge on any atom is 0.407 e. The highest BCUT2D eigenvalue weighted by atomic mass is 16.6. The summed E-state index contributed by atoms with van der Waals surface area (Å²) < 4.78 is 9.86. The van der Waals surface area contributed by atoms with Crippen molar-refractivity contribution < 1.29 is 9.53 Å². The monoisotopic (exact) mass is 506 g/mol. The van der Waals surface area contributed by atoms with Crippen molar-refractivity contribution in [1.29, 1.82) is 0 Å². The molecule has 1 aliphatic heterocycles. The molecule has 196 valence electrons. The zero-order chi connectivity index (χ0) is 26.7. The number of imidazole rings is 1. The first kappa shape index (κ1) is 26.1. The predicted octanol–water partition coefficient (Wildman–Crippen LogP) is 2.46. The van der Waals surface area contributed by atoms with Crippen LogP contribution in [0.3, 0.4) is 0 Å². The van der Waals surface area contributed by atoms with Gasteiger partial charge in [-0.25, -0.2) is 9.59 Å². The fourth-order valence-corrected chi connectivity index (χ4v) is 4.57. The molecule has 3 heterocycles. The van der Waals surface area contributed by atoms with Crippen LogP contribution in [0.25, 0.3) is 11.2 Å². The molecule has 4 rings (SSSR count). The molecule has 10 heteroatoms. The van der Waals surface area contributed by atoms with E-state index >= 15 is 0 Å². The summed E-state index contributed by atoms with van der Waals surface area (Å²) in [6.07, 6.45) is 1.16. The number of carbonyl (C=O) groups is 1. The number of ether oxygens (including phenoxy) is 1. The van der Waals surface area contributed by atoms with Gasteiger partial charge in [-0.05, 0) is 46.1 Å². The highest BCUT2D eigenvalue weighted by Gasteiger charge is 2.29. The van der Waals surface area contributed by atoms with Crippen LogP contribution in [0.15, 0.2) is 39.9 Å². The van der Waals surface area contributed by atoms with E-state index in [1.807, 2.05) is 56.0 Å². The molecular weight excluding hydrogens is 472 g/mol. The Morgan fingerprint density at radius 1 is 1.19 bits per heavy atom. The summed E-state index contributed by atoms with van der Waals surface area (Å²) in [5, 5.41) is 2.95. The van der Waals surface area contributed by atoms with Crippen molar-refractivity contribution in [2.75, 3.05) is 18.0 Å². The Kier molecular flexibility index (Phi) is 7.43. The number of piperidine rings is 1. The number of hydrogen-bond donors (Lipinski definition) is 1. The van der Waals surface area contributed by atoms with Crippen LogP contribution in [0.2, 0.25) is 0 Å². The smallest absolute Gasteiger partial charge is 0.407 e. The number of nitrogens with zero attached hydrogens (tertiary/aromatic N) is 5. The molecule has 0 spiro atoms. The first-order valence-corrected chi connectivity index (χ1v) is 12.5. The molecule has 1 atom stereocenters. The average molecular weight is 507 g/mol. The van der Waals surface area contributed by atoms with Crippen molar-refractivity contribution in [3.05, 3.63) is 56.7 Å². The molecule has 37 heavy (non-hydrogen) atoms. The van der Waals surface area contributed by atoms with E-state index in [1.54, 1.807) is 18.5 Å². The zero-order valence-electron chi connectivity index (χ0n) is 22.1. The molecule has 1 fully saturated rings. The van der Waals surface area contributed by atoms with Crippen molar-refractivity contribution in [2.45, 2.75) is 65.3 Å². The largest absolute Gasteiger partial charge is 0.444 e. The van der Waals surface area contributed by atoms with Crippen molar-refractivity contribution in [3.63, 3.8) is 0 Å². The molecule has 0 unspecified atom stereocenters. The van der Waals surface area contributed by atoms with Crippen LogP contribution in [-0.2, 0) is 24.9 Å². The molecule has 1 aromatic carbocycles. The Morgan fingerprint density at radius 3 is 2.59 bits per heavy atom. The fourth-order valence-electron chi connectivity index (χ4n) is 4.57. The standard InChI is InChI=1S/C27H34N6O4/c1-6-7-16-32-21-22(30(5)26(36)33(23(21)34)17-19-12-9-8-10-13-19)29-24(32)31-15-11-14-20(18-31)28-25(35)37-27(2,3)4/h8-10,12-13,20H,11,14-18H2,1-5H3,(H,28,35)/t20-/m1/s1. The topological polar surface area (TPSA) is 103 Å². The molecule has 2 aromatic heterocycles. The summed E-state index contributed by atoms with van der Waals surface area (Å²) in [4.78, 5) is 46.0. The van der Waals surface area contributed by atoms with Gasteiger partial charge in [0.1, 0.15) is 5.60 Å². The Bertz CT molecular complexity index is 1470. The molecule has 10 nitrogen and oxygen atoms in total. The second-order valence-electron chi connectivity index (χ2n) is 10.2. The van der Waals surface area contributed by atoms with Crippen LogP contribution in [0, 0.1) is 11.8 Å². The number of rotatable bonds is 5. The van der Waals surface area contributed by atoms with Crippen LogP contribution < -0.4 is 21.5 Å². The van der Waals surface area contributed by atoms with Gasteiger partial charge in [0.25, 0.3) is 5.56 Å². The number of alkyl carbamates (subject to hydrolysis) is 1. The van der Waals surface area contributed by atoms with Gasteiger partial charge in [0.15, 0.2) is 11.2 Å². The number of nitrogens with one attached hydrogen (secondary N) is 1. The van der Waals surface area contributed by atoms with Crippen molar-refractivity contribution in [1.82, 2.24) is 24.0 Å². The summed E-state index contributed by atoms with van der Waals surface area (Å²) in [6.45, 7) is 8.82. The van der Waals surface area contributed by atoms with E-state index in [0.717, 1.165) is 18.4 Å². The second-order valence-corrected chi connectivity index (χ2v) is 10.2. The van der Waals surface area contributed by atoms with Gasteiger partial charge in [0.2, 0.25) is 5.95 Å². The van der Waals surface area contributed by atoms with Crippen LogP contribution in [-0.4, -0.2) is 49.5 Å². The quantitative estimate of drug-likeness (QED) is 0.534. The first-order valence-electron chi connectivity index (χ1n) is 12.5. The lowest BCUT2D eigenvalue weighted by atomic mass is 10.1. The number of carbonyl (C=O) groups excluding carboxylic acids is 1. The Labute approximate surface area is 215 Å². The van der Waals surface area contributed by atoms with Crippen molar-refractivity contribution in [3.8, 4) is 11.8 Å². The van der Waals surface area contributed by atoms with E-state index in [1.165, 1.54) is 9.13 Å². The van der Waals surface area contributed by atoms with Gasteiger partial charge in [-0.1, -0.05) is 36.3 Å². The van der Waals surface area contributed by atoms with E-state index in [9.17, 15) is 14.4 Å². The lowest BCUT2D eigenvalue weighted by molar-refractivity contribution is 0.0500. The summed E-state index contributed by atoms with van der Waals surface area (Å²) >= 11 is 0. The van der Waals surface area contributed by atoms with E-state index in [0.29, 0.717) is 30.2 Å². The third-order valence-electron chi connectivity index (χ3n) is 6.23.